The Morgan fingerprint density at radius 3 is 2.49 bits per heavy atom. The number of allylic oxidation sites excluding steroid dienone is 1. The lowest BCUT2D eigenvalue weighted by atomic mass is 9.95. The molecule has 3 aromatic rings. The van der Waals surface area contributed by atoms with E-state index in [1.807, 2.05) is 50.2 Å². The summed E-state index contributed by atoms with van der Waals surface area (Å²) in [6.45, 7) is 6.03. The van der Waals surface area contributed by atoms with Gasteiger partial charge < -0.3 is 19.1 Å². The number of anilines is 1. The molecule has 1 aromatic heterocycles. The highest BCUT2D eigenvalue weighted by atomic mass is 79.9. The number of benzene rings is 2. The van der Waals surface area contributed by atoms with Crippen LogP contribution in [0.5, 0.6) is 11.5 Å². The summed E-state index contributed by atoms with van der Waals surface area (Å²) in [5, 5.41) is 0. The summed E-state index contributed by atoms with van der Waals surface area (Å²) in [4.78, 5) is 34.3. The maximum atomic E-state index is 13.9. The van der Waals surface area contributed by atoms with Gasteiger partial charge in [-0.05, 0) is 78.2 Å². The molecule has 2 aromatic carbocycles. The van der Waals surface area contributed by atoms with Crippen LogP contribution in [-0.2, 0) is 9.53 Å². The van der Waals surface area contributed by atoms with Crippen LogP contribution in [0.3, 0.4) is 0 Å². The number of thiazole rings is 1. The van der Waals surface area contributed by atoms with Crippen LogP contribution < -0.4 is 29.3 Å². The van der Waals surface area contributed by atoms with Crippen molar-refractivity contribution in [3.63, 3.8) is 0 Å². The van der Waals surface area contributed by atoms with Gasteiger partial charge in [-0.15, -0.1) is 0 Å². The molecule has 2 heterocycles. The number of halogens is 2. The van der Waals surface area contributed by atoms with Crippen molar-refractivity contribution in [1.82, 2.24) is 4.57 Å². The maximum Gasteiger partial charge on any atom is 0.338 e. The second-order valence-corrected chi connectivity index (χ2v) is 11.6. The highest BCUT2D eigenvalue weighted by Crippen LogP contribution is 2.41. The van der Waals surface area contributed by atoms with Crippen LogP contribution in [0.1, 0.15) is 37.9 Å². The molecule has 206 valence electrons. The van der Waals surface area contributed by atoms with Crippen LogP contribution in [0.15, 0.2) is 60.3 Å². The molecule has 8 nitrogen and oxygen atoms in total. The largest absolute Gasteiger partial charge is 0.493 e. The van der Waals surface area contributed by atoms with E-state index < -0.39 is 12.0 Å². The Bertz CT molecular complexity index is 1640. The van der Waals surface area contributed by atoms with Crippen molar-refractivity contribution in [3.8, 4) is 11.5 Å². The van der Waals surface area contributed by atoms with Gasteiger partial charge in [0.2, 0.25) is 0 Å². The summed E-state index contributed by atoms with van der Waals surface area (Å²) < 4.78 is 20.3. The lowest BCUT2D eigenvalue weighted by molar-refractivity contribution is -0.139. The molecule has 0 saturated carbocycles. The van der Waals surface area contributed by atoms with Gasteiger partial charge in [0.25, 0.3) is 5.56 Å². The van der Waals surface area contributed by atoms with Crippen LogP contribution in [0.4, 0.5) is 5.69 Å². The number of carbonyl (C=O) groups excluding carboxylic acids is 1. The lowest BCUT2D eigenvalue weighted by Crippen LogP contribution is -2.40. The van der Waals surface area contributed by atoms with E-state index in [1.54, 1.807) is 37.7 Å². The number of nitrogens with zero attached hydrogens (tertiary/aromatic N) is 3. The number of rotatable bonds is 8. The van der Waals surface area contributed by atoms with Crippen molar-refractivity contribution in [3.05, 3.63) is 81.4 Å². The fourth-order valence-corrected chi connectivity index (χ4v) is 6.74. The van der Waals surface area contributed by atoms with Gasteiger partial charge in [-0.1, -0.05) is 33.3 Å². The van der Waals surface area contributed by atoms with Gasteiger partial charge in [0, 0.05) is 23.0 Å². The minimum atomic E-state index is -0.788. The molecule has 0 unspecified atom stereocenters. The summed E-state index contributed by atoms with van der Waals surface area (Å²) in [5.41, 5.74) is 3.06. The Morgan fingerprint density at radius 1 is 1.13 bits per heavy atom. The van der Waals surface area contributed by atoms with Gasteiger partial charge in [0.15, 0.2) is 16.3 Å². The van der Waals surface area contributed by atoms with Gasteiger partial charge in [0.05, 0.1) is 47.9 Å². The summed E-state index contributed by atoms with van der Waals surface area (Å²) in [6.07, 6.45) is 1.84. The normalized spacial score (nSPS) is 15.1. The molecule has 4 rings (SSSR count). The number of aromatic nitrogens is 1. The molecule has 0 spiro atoms. The van der Waals surface area contributed by atoms with Crippen molar-refractivity contribution in [2.75, 3.05) is 39.3 Å². The van der Waals surface area contributed by atoms with Crippen LogP contribution in [-0.4, -0.2) is 45.0 Å². The van der Waals surface area contributed by atoms with E-state index in [0.717, 1.165) is 15.7 Å². The lowest BCUT2D eigenvalue weighted by Gasteiger charge is -2.26. The summed E-state index contributed by atoms with van der Waals surface area (Å²) in [5.74, 6) is 0.509. The van der Waals surface area contributed by atoms with Crippen molar-refractivity contribution < 1.29 is 19.0 Å². The number of hydrogen-bond acceptors (Lipinski definition) is 8. The Labute approximate surface area is 247 Å². The molecule has 1 aliphatic rings. The second-order valence-electron chi connectivity index (χ2n) is 8.87. The molecule has 0 radical (unpaired) electrons. The highest BCUT2D eigenvalue weighted by molar-refractivity contribution is 9.11. The average Bonchev–Trinajstić information content (AvgIpc) is 3.17. The summed E-state index contributed by atoms with van der Waals surface area (Å²) >= 11 is 8.54. The van der Waals surface area contributed by atoms with Gasteiger partial charge >= 0.3 is 5.97 Å². The van der Waals surface area contributed by atoms with Gasteiger partial charge in [-0.25, -0.2) is 9.79 Å². The number of hydrogen-bond donors (Lipinski definition) is 0. The number of ether oxygens (including phenoxy) is 3. The van der Waals surface area contributed by atoms with Crippen LogP contribution in [0, 0.1) is 0 Å². The number of esters is 1. The fourth-order valence-electron chi connectivity index (χ4n) is 4.40. The Balaban J connectivity index is 1.97. The van der Waals surface area contributed by atoms with E-state index in [2.05, 4.69) is 36.9 Å². The first-order valence-electron chi connectivity index (χ1n) is 12.3. The Morgan fingerprint density at radius 2 is 1.87 bits per heavy atom. The average molecular weight is 679 g/mol. The molecular weight excluding hydrogens is 650 g/mol. The zero-order valence-electron chi connectivity index (χ0n) is 22.5. The van der Waals surface area contributed by atoms with Crippen molar-refractivity contribution in [2.24, 2.45) is 4.99 Å². The standard InChI is InChI=1S/C28H29Br2N3O5S/c1-7-37-22-14-18(29)17(13-21(22)36-6)25-24(27(35)38-8-2)15(3)31-28-33(25)26(34)23(39-28)12-16-9-10-20(32(4)5)19(30)11-16/h9-14,25H,7-8H2,1-6H3/b23-12+/t25-/m1/s1. The molecule has 0 saturated heterocycles. The van der Waals surface area contributed by atoms with Gasteiger partial charge in [0.1, 0.15) is 0 Å². The molecule has 0 bridgehead atoms. The number of methoxy groups -OCH3 is 1. The first kappa shape index (κ1) is 29.1. The zero-order valence-corrected chi connectivity index (χ0v) is 26.5. The third-order valence-electron chi connectivity index (χ3n) is 6.15. The Hall–Kier alpha value is -2.89. The van der Waals surface area contributed by atoms with Crippen molar-refractivity contribution in [1.29, 1.82) is 0 Å². The third-order valence-corrected chi connectivity index (χ3v) is 8.45. The quantitative estimate of drug-likeness (QED) is 0.319. The van der Waals surface area contributed by atoms with Crippen molar-refractivity contribution in [2.45, 2.75) is 26.8 Å². The van der Waals surface area contributed by atoms with Crippen LogP contribution in [0.25, 0.3) is 6.08 Å². The molecule has 0 N–H and O–H groups in total. The molecule has 0 aliphatic carbocycles. The van der Waals surface area contributed by atoms with E-state index in [4.69, 9.17) is 14.2 Å². The van der Waals surface area contributed by atoms with E-state index in [1.165, 1.54) is 11.3 Å². The zero-order chi connectivity index (χ0) is 28.4. The highest BCUT2D eigenvalue weighted by Gasteiger charge is 2.35. The van der Waals surface area contributed by atoms with Gasteiger partial charge in [-0.3, -0.25) is 9.36 Å². The molecule has 11 heteroatoms. The van der Waals surface area contributed by atoms with E-state index >= 15 is 0 Å². The molecule has 0 fully saturated rings. The molecular formula is C28H29Br2N3O5S. The summed E-state index contributed by atoms with van der Waals surface area (Å²) in [6, 6.07) is 8.70. The van der Waals surface area contributed by atoms with E-state index in [9.17, 15) is 9.59 Å². The molecule has 39 heavy (non-hydrogen) atoms. The first-order chi connectivity index (χ1) is 18.6. The first-order valence-corrected chi connectivity index (χ1v) is 14.7. The second kappa shape index (κ2) is 12.1. The smallest absolute Gasteiger partial charge is 0.338 e. The molecule has 0 amide bonds. The predicted octanol–water partition coefficient (Wildman–Crippen LogP) is 4.80. The SMILES string of the molecule is CCOC(=O)C1=C(C)N=c2s/c(=C/c3ccc(N(C)C)c(Br)c3)c(=O)n2[C@@H]1c1cc(OC)c(OCC)cc1Br. The van der Waals surface area contributed by atoms with Gasteiger partial charge in [-0.2, -0.15) is 0 Å². The number of fused-ring (bicyclic) bond motifs is 1. The minimum Gasteiger partial charge on any atom is -0.493 e. The van der Waals surface area contributed by atoms with Crippen LogP contribution in [0.2, 0.25) is 0 Å². The topological polar surface area (TPSA) is 82.4 Å². The van der Waals surface area contributed by atoms with Crippen molar-refractivity contribution >= 4 is 60.9 Å². The monoisotopic (exact) mass is 677 g/mol. The predicted molar refractivity (Wildman–Crippen MR) is 161 cm³/mol. The summed E-state index contributed by atoms with van der Waals surface area (Å²) in [7, 11) is 5.48. The minimum absolute atomic E-state index is 0.193. The van der Waals surface area contributed by atoms with E-state index in [-0.39, 0.29) is 12.2 Å². The third kappa shape index (κ3) is 5.71. The van der Waals surface area contributed by atoms with Crippen LogP contribution >= 0.6 is 43.2 Å². The van der Waals surface area contributed by atoms with E-state index in [0.29, 0.717) is 48.7 Å². The molecule has 1 aliphatic heterocycles. The fraction of sp³-hybridized carbons (Fsp3) is 0.321. The Kier molecular flexibility index (Phi) is 9.03. The molecule has 1 atom stereocenters. The maximum absolute atomic E-state index is 13.9. The number of carbonyl (C=O) groups is 1.